The van der Waals surface area contributed by atoms with Crippen LogP contribution in [0.5, 0.6) is 0 Å². The normalized spacial score (nSPS) is 12.9. The maximum Gasteiger partial charge on any atom is 0.0108 e. The molecule has 0 aliphatic rings. The van der Waals surface area contributed by atoms with Crippen molar-refractivity contribution >= 4 is 23.5 Å². The van der Waals surface area contributed by atoms with Gasteiger partial charge in [-0.3, -0.25) is 0 Å². The smallest absolute Gasteiger partial charge is 0.0108 e. The lowest BCUT2D eigenvalue weighted by Gasteiger charge is -2.16. The monoisotopic (exact) mass is 241 g/mol. The lowest BCUT2D eigenvalue weighted by Crippen LogP contribution is -2.10. The average Bonchev–Trinajstić information content (AvgIpc) is 2.27. The number of hydrogen-bond donors (Lipinski definition) is 1. The van der Waals surface area contributed by atoms with Crippen LogP contribution in [0.25, 0.3) is 0 Å². The molecule has 0 spiro atoms. The molecule has 0 radical (unpaired) electrons. The number of aryl methyl sites for hydroxylation is 1. The van der Waals surface area contributed by atoms with Crippen molar-refractivity contribution in [3.8, 4) is 0 Å². The predicted molar refractivity (Wildman–Crippen MR) is 72.2 cm³/mol. The van der Waals surface area contributed by atoms with Crippen LogP contribution < -0.4 is 5.73 Å². The van der Waals surface area contributed by atoms with E-state index in [1.54, 1.807) is 11.8 Å². The summed E-state index contributed by atoms with van der Waals surface area (Å²) >= 11 is 3.61. The van der Waals surface area contributed by atoms with Gasteiger partial charge < -0.3 is 5.73 Å². The van der Waals surface area contributed by atoms with Gasteiger partial charge in [0.2, 0.25) is 0 Å². The van der Waals surface area contributed by atoms with Crippen molar-refractivity contribution in [3.05, 3.63) is 23.3 Å². The van der Waals surface area contributed by atoms with Crippen LogP contribution in [-0.4, -0.2) is 19.1 Å². The number of benzene rings is 1. The highest BCUT2D eigenvalue weighted by Crippen LogP contribution is 2.32. The highest BCUT2D eigenvalue weighted by atomic mass is 32.2. The lowest BCUT2D eigenvalue weighted by atomic mass is 10.00. The van der Waals surface area contributed by atoms with Crippen molar-refractivity contribution in [1.29, 1.82) is 0 Å². The number of nitrogens with two attached hydrogens (primary N) is 1. The van der Waals surface area contributed by atoms with Crippen LogP contribution in [0, 0.1) is 6.92 Å². The first-order valence-corrected chi connectivity index (χ1v) is 7.51. The zero-order valence-corrected chi connectivity index (χ0v) is 11.5. The zero-order valence-electron chi connectivity index (χ0n) is 9.83. The highest BCUT2D eigenvalue weighted by Gasteiger charge is 2.11. The SMILES string of the molecule is CSc1cc(C(C)CN)c(SC)cc1C. The minimum Gasteiger partial charge on any atom is -0.330 e. The van der Waals surface area contributed by atoms with Crippen LogP contribution in [0.2, 0.25) is 0 Å². The maximum atomic E-state index is 5.74. The number of hydrogen-bond acceptors (Lipinski definition) is 3. The van der Waals surface area contributed by atoms with E-state index in [1.807, 2.05) is 11.8 Å². The predicted octanol–water partition coefficient (Wildman–Crippen LogP) is 3.50. The van der Waals surface area contributed by atoms with E-state index in [-0.39, 0.29) is 0 Å². The van der Waals surface area contributed by atoms with Gasteiger partial charge in [0.05, 0.1) is 0 Å². The van der Waals surface area contributed by atoms with Crippen molar-refractivity contribution in [2.24, 2.45) is 5.73 Å². The summed E-state index contributed by atoms with van der Waals surface area (Å²) in [5.74, 6) is 0.443. The second kappa shape index (κ2) is 5.83. The molecular weight excluding hydrogens is 222 g/mol. The van der Waals surface area contributed by atoms with E-state index in [0.717, 1.165) is 0 Å². The van der Waals surface area contributed by atoms with Crippen LogP contribution in [0.1, 0.15) is 24.0 Å². The molecule has 0 fully saturated rings. The summed E-state index contributed by atoms with van der Waals surface area (Å²) in [5.41, 5.74) is 8.49. The first kappa shape index (κ1) is 12.9. The van der Waals surface area contributed by atoms with Gasteiger partial charge in [-0.25, -0.2) is 0 Å². The molecule has 3 heteroatoms. The first-order valence-electron chi connectivity index (χ1n) is 5.06. The summed E-state index contributed by atoms with van der Waals surface area (Å²) in [7, 11) is 0. The number of thioether (sulfide) groups is 2. The Kier molecular flexibility index (Phi) is 5.03. The van der Waals surface area contributed by atoms with E-state index in [9.17, 15) is 0 Å². The molecule has 0 saturated heterocycles. The van der Waals surface area contributed by atoms with Gasteiger partial charge in [0.1, 0.15) is 0 Å². The molecule has 0 aromatic heterocycles. The summed E-state index contributed by atoms with van der Waals surface area (Å²) in [6.07, 6.45) is 4.25. The van der Waals surface area contributed by atoms with Gasteiger partial charge in [-0.15, -0.1) is 23.5 Å². The molecule has 0 bridgehead atoms. The van der Waals surface area contributed by atoms with E-state index >= 15 is 0 Å². The average molecular weight is 241 g/mol. The van der Waals surface area contributed by atoms with Gasteiger partial charge in [-0.05, 0) is 55.2 Å². The molecule has 0 saturated carbocycles. The summed E-state index contributed by atoms with van der Waals surface area (Å²) in [4.78, 5) is 2.73. The molecule has 1 aromatic carbocycles. The van der Waals surface area contributed by atoms with Gasteiger partial charge in [0, 0.05) is 9.79 Å². The van der Waals surface area contributed by atoms with E-state index in [4.69, 9.17) is 5.73 Å². The van der Waals surface area contributed by atoms with Gasteiger partial charge in [0.25, 0.3) is 0 Å². The zero-order chi connectivity index (χ0) is 11.4. The fourth-order valence-corrected chi connectivity index (χ4v) is 3.00. The van der Waals surface area contributed by atoms with Gasteiger partial charge in [-0.2, -0.15) is 0 Å². The topological polar surface area (TPSA) is 26.0 Å². The standard InChI is InChI=1S/C12H19NS2/c1-8-5-12(15-4)10(9(2)7-13)6-11(8)14-3/h5-6,9H,7,13H2,1-4H3. The van der Waals surface area contributed by atoms with Crippen LogP contribution in [0.15, 0.2) is 21.9 Å². The number of rotatable bonds is 4. The summed E-state index contributed by atoms with van der Waals surface area (Å²) < 4.78 is 0. The largest absolute Gasteiger partial charge is 0.330 e. The lowest BCUT2D eigenvalue weighted by molar-refractivity contribution is 0.754. The Bertz CT molecular complexity index is 337. The fraction of sp³-hybridized carbons (Fsp3) is 0.500. The Morgan fingerprint density at radius 2 is 1.80 bits per heavy atom. The molecule has 2 N–H and O–H groups in total. The molecule has 0 aliphatic carbocycles. The maximum absolute atomic E-state index is 5.74. The third-order valence-electron chi connectivity index (χ3n) is 2.63. The Balaban J connectivity index is 3.22. The fourth-order valence-electron chi connectivity index (χ4n) is 1.59. The molecule has 15 heavy (non-hydrogen) atoms. The molecule has 1 rings (SSSR count). The molecule has 0 aliphatic heterocycles. The highest BCUT2D eigenvalue weighted by molar-refractivity contribution is 7.99. The van der Waals surface area contributed by atoms with E-state index in [2.05, 4.69) is 38.5 Å². The molecule has 1 nitrogen and oxygen atoms in total. The summed E-state index contributed by atoms with van der Waals surface area (Å²) in [5, 5.41) is 0. The molecule has 84 valence electrons. The summed E-state index contributed by atoms with van der Waals surface area (Å²) in [6.45, 7) is 5.07. The van der Waals surface area contributed by atoms with E-state index < -0.39 is 0 Å². The quantitative estimate of drug-likeness (QED) is 0.817. The van der Waals surface area contributed by atoms with Crippen LogP contribution in [-0.2, 0) is 0 Å². The Labute approximate surface area is 101 Å². The Morgan fingerprint density at radius 3 is 2.27 bits per heavy atom. The third-order valence-corrected chi connectivity index (χ3v) is 4.30. The molecule has 1 atom stereocenters. The second-order valence-corrected chi connectivity index (χ2v) is 5.40. The Morgan fingerprint density at radius 1 is 1.20 bits per heavy atom. The summed E-state index contributed by atoms with van der Waals surface area (Å²) in [6, 6.07) is 4.57. The molecule has 1 unspecified atom stereocenters. The van der Waals surface area contributed by atoms with Gasteiger partial charge >= 0.3 is 0 Å². The van der Waals surface area contributed by atoms with Crippen molar-refractivity contribution < 1.29 is 0 Å². The third kappa shape index (κ3) is 2.92. The molecule has 0 amide bonds. The van der Waals surface area contributed by atoms with E-state index in [1.165, 1.54) is 20.9 Å². The van der Waals surface area contributed by atoms with Crippen LogP contribution >= 0.6 is 23.5 Å². The van der Waals surface area contributed by atoms with Crippen LogP contribution in [0.4, 0.5) is 0 Å². The van der Waals surface area contributed by atoms with Gasteiger partial charge in [-0.1, -0.05) is 6.92 Å². The Hall–Kier alpha value is -0.120. The molecular formula is C12H19NS2. The minimum atomic E-state index is 0.443. The van der Waals surface area contributed by atoms with Crippen LogP contribution in [0.3, 0.4) is 0 Å². The van der Waals surface area contributed by atoms with Crippen molar-refractivity contribution in [2.45, 2.75) is 29.6 Å². The van der Waals surface area contributed by atoms with Crippen molar-refractivity contribution in [1.82, 2.24) is 0 Å². The van der Waals surface area contributed by atoms with Crippen molar-refractivity contribution in [3.63, 3.8) is 0 Å². The second-order valence-electron chi connectivity index (χ2n) is 3.70. The molecule has 0 heterocycles. The van der Waals surface area contributed by atoms with E-state index in [0.29, 0.717) is 12.5 Å². The van der Waals surface area contributed by atoms with Gasteiger partial charge in [0.15, 0.2) is 0 Å². The molecule has 1 aromatic rings. The minimum absolute atomic E-state index is 0.443. The first-order chi connectivity index (χ1) is 7.13. The van der Waals surface area contributed by atoms with Crippen molar-refractivity contribution in [2.75, 3.05) is 19.1 Å².